The van der Waals surface area contributed by atoms with Gasteiger partial charge in [0.05, 0.1) is 0 Å². The van der Waals surface area contributed by atoms with Crippen molar-refractivity contribution in [3.63, 3.8) is 0 Å². The Bertz CT molecular complexity index is 580. The van der Waals surface area contributed by atoms with Gasteiger partial charge in [0.15, 0.2) is 5.16 Å². The van der Waals surface area contributed by atoms with Crippen molar-refractivity contribution in [1.29, 1.82) is 0 Å². The maximum absolute atomic E-state index is 4.65. The third-order valence-electron chi connectivity index (χ3n) is 2.82. The summed E-state index contributed by atoms with van der Waals surface area (Å²) >= 11 is 1.53. The van der Waals surface area contributed by atoms with Crippen molar-refractivity contribution in [2.45, 2.75) is 43.8 Å². The molecule has 0 atom stereocenters. The van der Waals surface area contributed by atoms with Crippen LogP contribution < -0.4 is 5.32 Å². The van der Waals surface area contributed by atoms with Crippen LogP contribution in [0.4, 0.5) is 5.82 Å². The van der Waals surface area contributed by atoms with Gasteiger partial charge in [0, 0.05) is 25.6 Å². The number of aromatic nitrogens is 5. The first-order chi connectivity index (χ1) is 9.65. The Morgan fingerprint density at radius 1 is 1.30 bits per heavy atom. The fraction of sp³-hybridized carbons (Fsp3) is 0.538. The lowest BCUT2D eigenvalue weighted by Gasteiger charge is -2.12. The molecule has 0 fully saturated rings. The van der Waals surface area contributed by atoms with E-state index in [0.29, 0.717) is 0 Å². The van der Waals surface area contributed by atoms with Crippen LogP contribution in [-0.2, 0) is 13.5 Å². The molecule has 0 aliphatic heterocycles. The number of nitrogens with one attached hydrogen (secondary N) is 1. The molecule has 0 bridgehead atoms. The first-order valence-corrected chi connectivity index (χ1v) is 7.60. The van der Waals surface area contributed by atoms with Crippen LogP contribution in [0.3, 0.4) is 0 Å². The summed E-state index contributed by atoms with van der Waals surface area (Å²) < 4.78 is 1.75. The number of nitrogens with zero attached hydrogens (tertiary/aromatic N) is 5. The van der Waals surface area contributed by atoms with Gasteiger partial charge in [-0.2, -0.15) is 5.10 Å². The SMILES string of the molecule is CCCc1nc(NCC)c(C)c(Sc2ncnn2C)n1. The third-order valence-corrected chi connectivity index (χ3v) is 3.97. The molecule has 0 saturated heterocycles. The third kappa shape index (κ3) is 3.27. The standard InChI is InChI=1S/C13H20N6S/c1-5-7-10-17-11(14-6-2)9(3)12(18-10)20-13-15-8-16-19(13)4/h8H,5-7H2,1-4H3,(H,14,17,18). The second kappa shape index (κ2) is 6.69. The lowest BCUT2D eigenvalue weighted by atomic mass is 10.3. The number of hydrogen-bond donors (Lipinski definition) is 1. The molecule has 0 spiro atoms. The summed E-state index contributed by atoms with van der Waals surface area (Å²) in [5.74, 6) is 1.79. The van der Waals surface area contributed by atoms with Crippen LogP contribution in [-0.4, -0.2) is 31.3 Å². The van der Waals surface area contributed by atoms with Crippen LogP contribution in [0.1, 0.15) is 31.7 Å². The maximum atomic E-state index is 4.65. The summed E-state index contributed by atoms with van der Waals surface area (Å²) in [7, 11) is 1.88. The topological polar surface area (TPSA) is 68.5 Å². The highest BCUT2D eigenvalue weighted by molar-refractivity contribution is 7.99. The lowest BCUT2D eigenvalue weighted by molar-refractivity contribution is 0.683. The Balaban J connectivity index is 2.37. The van der Waals surface area contributed by atoms with Gasteiger partial charge in [-0.05, 0) is 32.0 Å². The van der Waals surface area contributed by atoms with E-state index in [2.05, 4.69) is 39.2 Å². The highest BCUT2D eigenvalue weighted by Crippen LogP contribution is 2.29. The monoisotopic (exact) mass is 292 g/mol. The molecule has 2 heterocycles. The summed E-state index contributed by atoms with van der Waals surface area (Å²) in [5.41, 5.74) is 1.06. The number of hydrogen-bond acceptors (Lipinski definition) is 6. The first kappa shape index (κ1) is 14.8. The van der Waals surface area contributed by atoms with Gasteiger partial charge in [-0.25, -0.2) is 19.6 Å². The molecule has 0 aromatic carbocycles. The fourth-order valence-electron chi connectivity index (χ4n) is 1.78. The van der Waals surface area contributed by atoms with E-state index in [-0.39, 0.29) is 0 Å². The Morgan fingerprint density at radius 2 is 2.10 bits per heavy atom. The molecule has 1 N–H and O–H groups in total. The lowest BCUT2D eigenvalue weighted by Crippen LogP contribution is -2.08. The molecule has 108 valence electrons. The summed E-state index contributed by atoms with van der Waals surface area (Å²) in [6, 6.07) is 0. The Hall–Kier alpha value is -1.63. The van der Waals surface area contributed by atoms with Crippen molar-refractivity contribution >= 4 is 17.6 Å². The molecule has 2 rings (SSSR count). The van der Waals surface area contributed by atoms with E-state index in [4.69, 9.17) is 0 Å². The van der Waals surface area contributed by atoms with E-state index in [1.54, 1.807) is 11.0 Å². The van der Waals surface area contributed by atoms with Gasteiger partial charge in [-0.3, -0.25) is 0 Å². The zero-order valence-corrected chi connectivity index (χ0v) is 13.2. The van der Waals surface area contributed by atoms with Crippen LogP contribution in [0.5, 0.6) is 0 Å². The molecular formula is C13H20N6S. The number of aryl methyl sites for hydroxylation is 2. The van der Waals surface area contributed by atoms with Gasteiger partial charge in [-0.1, -0.05) is 6.92 Å². The van der Waals surface area contributed by atoms with E-state index >= 15 is 0 Å². The van der Waals surface area contributed by atoms with Crippen molar-refractivity contribution in [3.05, 3.63) is 17.7 Å². The molecule has 2 aromatic rings. The Morgan fingerprint density at radius 3 is 2.70 bits per heavy atom. The molecule has 7 heteroatoms. The van der Waals surface area contributed by atoms with Gasteiger partial charge in [0.1, 0.15) is 23.0 Å². The molecule has 6 nitrogen and oxygen atoms in total. The van der Waals surface area contributed by atoms with E-state index in [9.17, 15) is 0 Å². The van der Waals surface area contributed by atoms with Gasteiger partial charge < -0.3 is 5.32 Å². The molecule has 0 amide bonds. The molecule has 0 unspecified atom stereocenters. The van der Waals surface area contributed by atoms with Crippen molar-refractivity contribution in [3.8, 4) is 0 Å². The van der Waals surface area contributed by atoms with Crippen molar-refractivity contribution < 1.29 is 0 Å². The van der Waals surface area contributed by atoms with Crippen LogP contribution in [0.2, 0.25) is 0 Å². The fourth-order valence-corrected chi connectivity index (χ4v) is 2.63. The summed E-state index contributed by atoms with van der Waals surface area (Å²) in [6.45, 7) is 7.08. The smallest absolute Gasteiger partial charge is 0.192 e. The highest BCUT2D eigenvalue weighted by atomic mass is 32.2. The first-order valence-electron chi connectivity index (χ1n) is 6.78. The van der Waals surface area contributed by atoms with Crippen LogP contribution in [0, 0.1) is 6.92 Å². The molecular weight excluding hydrogens is 272 g/mol. The van der Waals surface area contributed by atoms with Gasteiger partial charge >= 0.3 is 0 Å². The van der Waals surface area contributed by atoms with E-state index in [1.807, 2.05) is 14.0 Å². The minimum Gasteiger partial charge on any atom is -0.370 e. The number of rotatable bonds is 6. The number of anilines is 1. The molecule has 2 aromatic heterocycles. The van der Waals surface area contributed by atoms with E-state index in [1.165, 1.54) is 11.8 Å². The van der Waals surface area contributed by atoms with Crippen molar-refractivity contribution in [1.82, 2.24) is 24.7 Å². The molecule has 0 aliphatic rings. The van der Waals surface area contributed by atoms with Crippen LogP contribution >= 0.6 is 11.8 Å². The largest absolute Gasteiger partial charge is 0.370 e. The Labute approximate surface area is 123 Å². The predicted octanol–water partition coefficient (Wildman–Crippen LogP) is 2.45. The summed E-state index contributed by atoms with van der Waals surface area (Å²) in [6.07, 6.45) is 3.46. The van der Waals surface area contributed by atoms with Crippen LogP contribution in [0.15, 0.2) is 16.5 Å². The normalized spacial score (nSPS) is 10.8. The second-order valence-corrected chi connectivity index (χ2v) is 5.42. The quantitative estimate of drug-likeness (QED) is 0.825. The van der Waals surface area contributed by atoms with E-state index in [0.717, 1.165) is 46.8 Å². The summed E-state index contributed by atoms with van der Waals surface area (Å²) in [5, 5.41) is 9.16. The average molecular weight is 292 g/mol. The molecule has 20 heavy (non-hydrogen) atoms. The summed E-state index contributed by atoms with van der Waals surface area (Å²) in [4.78, 5) is 13.5. The molecule has 0 saturated carbocycles. The van der Waals surface area contributed by atoms with Crippen molar-refractivity contribution in [2.24, 2.45) is 7.05 Å². The minimum atomic E-state index is 0.830. The second-order valence-electron chi connectivity index (χ2n) is 4.47. The zero-order chi connectivity index (χ0) is 14.5. The van der Waals surface area contributed by atoms with Crippen molar-refractivity contribution in [2.75, 3.05) is 11.9 Å². The average Bonchev–Trinajstić information content (AvgIpc) is 2.81. The molecule has 0 radical (unpaired) electrons. The van der Waals surface area contributed by atoms with Gasteiger partial charge in [-0.15, -0.1) is 0 Å². The Kier molecular flexibility index (Phi) is 4.94. The zero-order valence-electron chi connectivity index (χ0n) is 12.3. The van der Waals surface area contributed by atoms with Crippen LogP contribution in [0.25, 0.3) is 0 Å². The maximum Gasteiger partial charge on any atom is 0.192 e. The van der Waals surface area contributed by atoms with E-state index < -0.39 is 0 Å². The van der Waals surface area contributed by atoms with Gasteiger partial charge in [0.2, 0.25) is 0 Å². The predicted molar refractivity (Wildman–Crippen MR) is 80.1 cm³/mol. The minimum absolute atomic E-state index is 0.830. The highest BCUT2D eigenvalue weighted by Gasteiger charge is 2.13. The van der Waals surface area contributed by atoms with Gasteiger partial charge in [0.25, 0.3) is 0 Å². The molecule has 0 aliphatic carbocycles.